The topological polar surface area (TPSA) is 53.4 Å². The normalized spacial score (nSPS) is 28.1. The third-order valence-corrected chi connectivity index (χ3v) is 4.24. The van der Waals surface area contributed by atoms with Crippen molar-refractivity contribution in [2.45, 2.75) is 32.4 Å². The molecule has 2 heterocycles. The lowest BCUT2D eigenvalue weighted by atomic mass is 10.0. The van der Waals surface area contributed by atoms with Crippen LogP contribution in [0.2, 0.25) is 0 Å². The number of aliphatic carboxylic acids is 1. The van der Waals surface area contributed by atoms with Crippen molar-refractivity contribution in [3.05, 3.63) is 16.6 Å². The fourth-order valence-electron chi connectivity index (χ4n) is 2.38. The van der Waals surface area contributed by atoms with Gasteiger partial charge in [-0.25, -0.2) is 4.98 Å². The van der Waals surface area contributed by atoms with E-state index in [2.05, 4.69) is 4.98 Å². The molecule has 0 aromatic carbocycles. The fourth-order valence-corrected chi connectivity index (χ4v) is 3.09. The molecule has 2 rings (SSSR count). The van der Waals surface area contributed by atoms with Crippen LogP contribution in [0.25, 0.3) is 0 Å². The summed E-state index contributed by atoms with van der Waals surface area (Å²) in [5.74, 6) is -0.492. The van der Waals surface area contributed by atoms with Gasteiger partial charge in [0.1, 0.15) is 11.0 Å². The van der Waals surface area contributed by atoms with Crippen molar-refractivity contribution in [2.75, 3.05) is 6.54 Å². The third-order valence-electron chi connectivity index (χ3n) is 3.30. The van der Waals surface area contributed by atoms with Gasteiger partial charge in [-0.15, -0.1) is 11.3 Å². The van der Waals surface area contributed by atoms with Crippen molar-refractivity contribution in [1.82, 2.24) is 9.88 Å². The molecule has 0 spiro atoms. The summed E-state index contributed by atoms with van der Waals surface area (Å²) in [7, 11) is 0. The third kappa shape index (κ3) is 1.97. The molecule has 16 heavy (non-hydrogen) atoms. The second-order valence-electron chi connectivity index (χ2n) is 4.33. The number of carboxylic acid groups (broad SMARTS) is 1. The molecular weight excluding hydrogens is 224 g/mol. The summed E-state index contributed by atoms with van der Waals surface area (Å²) in [4.78, 5) is 17.5. The number of nitrogens with zero attached hydrogens (tertiary/aromatic N) is 2. The van der Waals surface area contributed by atoms with Crippen LogP contribution in [0, 0.1) is 5.92 Å². The number of carbonyl (C=O) groups is 1. The first-order valence-electron chi connectivity index (χ1n) is 5.49. The predicted molar refractivity (Wildman–Crippen MR) is 62.4 cm³/mol. The molecule has 0 saturated carbocycles. The van der Waals surface area contributed by atoms with Crippen LogP contribution in [0.15, 0.2) is 11.6 Å². The van der Waals surface area contributed by atoms with Crippen LogP contribution in [0.1, 0.15) is 31.3 Å². The van der Waals surface area contributed by atoms with Gasteiger partial charge in [-0.1, -0.05) is 6.92 Å². The van der Waals surface area contributed by atoms with Crippen molar-refractivity contribution in [3.8, 4) is 0 Å². The fraction of sp³-hybridized carbons (Fsp3) is 0.636. The van der Waals surface area contributed by atoms with E-state index in [1.54, 1.807) is 17.5 Å². The minimum Gasteiger partial charge on any atom is -0.480 e. The maximum atomic E-state index is 11.2. The molecule has 5 heteroatoms. The summed E-state index contributed by atoms with van der Waals surface area (Å²) in [6.07, 6.45) is 2.72. The zero-order valence-corrected chi connectivity index (χ0v) is 10.3. The number of hydrogen-bond acceptors (Lipinski definition) is 4. The highest BCUT2D eigenvalue weighted by Crippen LogP contribution is 2.33. The summed E-state index contributed by atoms with van der Waals surface area (Å²) in [5, 5.41) is 12.2. The summed E-state index contributed by atoms with van der Waals surface area (Å²) >= 11 is 1.59. The van der Waals surface area contributed by atoms with Gasteiger partial charge in [0.05, 0.1) is 6.04 Å². The minimum absolute atomic E-state index is 0.103. The van der Waals surface area contributed by atoms with Gasteiger partial charge in [0.15, 0.2) is 0 Å². The average Bonchev–Trinajstić information content (AvgIpc) is 2.84. The minimum atomic E-state index is -0.714. The molecule has 88 valence electrons. The van der Waals surface area contributed by atoms with Crippen LogP contribution in [0.5, 0.6) is 0 Å². The van der Waals surface area contributed by atoms with Gasteiger partial charge in [-0.3, -0.25) is 9.69 Å². The van der Waals surface area contributed by atoms with Crippen LogP contribution < -0.4 is 0 Å². The Kier molecular flexibility index (Phi) is 3.25. The first-order chi connectivity index (χ1) is 7.61. The standard InChI is InChI=1S/C11H16N2O2S/c1-7-3-5-13(9(7)11(14)15)8(2)10-12-4-6-16-10/h4,6-9H,3,5H2,1-2H3,(H,14,15). The molecule has 1 aliphatic rings. The van der Waals surface area contributed by atoms with E-state index in [9.17, 15) is 9.90 Å². The Morgan fingerprint density at radius 2 is 2.50 bits per heavy atom. The number of aromatic nitrogens is 1. The van der Waals surface area contributed by atoms with E-state index in [1.807, 2.05) is 24.1 Å². The smallest absolute Gasteiger partial charge is 0.321 e. The van der Waals surface area contributed by atoms with Crippen LogP contribution in [-0.2, 0) is 4.79 Å². The predicted octanol–water partition coefficient (Wildman–Crippen LogP) is 2.00. The average molecular weight is 240 g/mol. The molecule has 0 aliphatic carbocycles. The Balaban J connectivity index is 2.17. The molecule has 3 unspecified atom stereocenters. The van der Waals surface area contributed by atoms with Gasteiger partial charge in [-0.05, 0) is 19.3 Å². The molecule has 1 N–H and O–H groups in total. The lowest BCUT2D eigenvalue weighted by Crippen LogP contribution is -2.40. The molecule has 1 fully saturated rings. The molecule has 1 aromatic rings. The number of hydrogen-bond donors (Lipinski definition) is 1. The Bertz CT molecular complexity index is 366. The van der Waals surface area contributed by atoms with Gasteiger partial charge in [-0.2, -0.15) is 0 Å². The molecular formula is C11H16N2O2S. The zero-order valence-electron chi connectivity index (χ0n) is 9.46. The van der Waals surface area contributed by atoms with E-state index in [1.165, 1.54) is 0 Å². The van der Waals surface area contributed by atoms with Crippen LogP contribution in [-0.4, -0.2) is 33.5 Å². The molecule has 0 bridgehead atoms. The van der Waals surface area contributed by atoms with Gasteiger partial charge in [0.25, 0.3) is 0 Å². The largest absolute Gasteiger partial charge is 0.480 e. The number of rotatable bonds is 3. The maximum absolute atomic E-state index is 11.2. The van der Waals surface area contributed by atoms with E-state index in [4.69, 9.17) is 0 Å². The molecule has 1 saturated heterocycles. The SMILES string of the molecule is CC1CCN(C(C)c2nccs2)C1C(=O)O. The number of likely N-dealkylation sites (tertiary alicyclic amines) is 1. The van der Waals surface area contributed by atoms with Gasteiger partial charge in [0, 0.05) is 18.1 Å². The molecule has 0 amide bonds. The van der Waals surface area contributed by atoms with Crippen molar-refractivity contribution < 1.29 is 9.90 Å². The molecule has 3 atom stereocenters. The van der Waals surface area contributed by atoms with E-state index < -0.39 is 5.97 Å². The Morgan fingerprint density at radius 3 is 3.06 bits per heavy atom. The van der Waals surface area contributed by atoms with E-state index >= 15 is 0 Å². The van der Waals surface area contributed by atoms with Gasteiger partial charge < -0.3 is 5.11 Å². The number of carboxylic acids is 1. The van der Waals surface area contributed by atoms with E-state index in [-0.39, 0.29) is 18.0 Å². The maximum Gasteiger partial charge on any atom is 0.321 e. The van der Waals surface area contributed by atoms with Gasteiger partial charge in [0.2, 0.25) is 0 Å². The first kappa shape index (κ1) is 11.5. The summed E-state index contributed by atoms with van der Waals surface area (Å²) < 4.78 is 0. The molecule has 1 aromatic heterocycles. The number of thiazole rings is 1. The molecule has 0 radical (unpaired) electrons. The van der Waals surface area contributed by atoms with E-state index in [0.717, 1.165) is 18.0 Å². The lowest BCUT2D eigenvalue weighted by molar-refractivity contribution is -0.144. The summed E-state index contributed by atoms with van der Waals surface area (Å²) in [6, 6.07) is -0.259. The Morgan fingerprint density at radius 1 is 1.75 bits per heavy atom. The monoisotopic (exact) mass is 240 g/mol. The molecule has 1 aliphatic heterocycles. The quantitative estimate of drug-likeness (QED) is 0.878. The zero-order chi connectivity index (χ0) is 11.7. The summed E-state index contributed by atoms with van der Waals surface area (Å²) in [5.41, 5.74) is 0. The van der Waals surface area contributed by atoms with E-state index in [0.29, 0.717) is 0 Å². The van der Waals surface area contributed by atoms with Gasteiger partial charge >= 0.3 is 5.97 Å². The van der Waals surface area contributed by atoms with Crippen molar-refractivity contribution >= 4 is 17.3 Å². The Hall–Kier alpha value is -0.940. The highest BCUT2D eigenvalue weighted by molar-refractivity contribution is 7.09. The Labute approximate surface area is 98.9 Å². The second-order valence-corrected chi connectivity index (χ2v) is 5.26. The van der Waals surface area contributed by atoms with Crippen LogP contribution in [0.4, 0.5) is 0 Å². The van der Waals surface area contributed by atoms with Crippen LogP contribution >= 0.6 is 11.3 Å². The van der Waals surface area contributed by atoms with Crippen molar-refractivity contribution in [2.24, 2.45) is 5.92 Å². The van der Waals surface area contributed by atoms with Crippen LogP contribution in [0.3, 0.4) is 0 Å². The highest BCUT2D eigenvalue weighted by Gasteiger charge is 2.39. The second kappa shape index (κ2) is 4.51. The highest BCUT2D eigenvalue weighted by atomic mass is 32.1. The summed E-state index contributed by atoms with van der Waals surface area (Å²) in [6.45, 7) is 4.89. The first-order valence-corrected chi connectivity index (χ1v) is 6.37. The lowest BCUT2D eigenvalue weighted by Gasteiger charge is -2.28. The molecule has 4 nitrogen and oxygen atoms in total. The van der Waals surface area contributed by atoms with Crippen molar-refractivity contribution in [3.63, 3.8) is 0 Å². The van der Waals surface area contributed by atoms with Crippen molar-refractivity contribution in [1.29, 1.82) is 0 Å².